The van der Waals surface area contributed by atoms with Gasteiger partial charge in [-0.15, -0.1) is 0 Å². The minimum Gasteiger partial charge on any atom is -0.358 e. The van der Waals surface area contributed by atoms with Crippen LogP contribution in [0.4, 0.5) is 10.1 Å². The van der Waals surface area contributed by atoms with Gasteiger partial charge in [0.25, 0.3) is 11.8 Å². The number of halogens is 1. The highest BCUT2D eigenvalue weighted by atomic mass is 19.1. The summed E-state index contributed by atoms with van der Waals surface area (Å²) < 4.78 is 13.8. The number of aromatic nitrogens is 1. The zero-order valence-corrected chi connectivity index (χ0v) is 18.6. The number of nitrogens with one attached hydrogen (secondary N) is 2. The fraction of sp³-hybridized carbons (Fsp3) is 0.440. The summed E-state index contributed by atoms with van der Waals surface area (Å²) >= 11 is 0. The predicted octanol–water partition coefficient (Wildman–Crippen LogP) is 3.96. The minimum atomic E-state index is -0.390. The summed E-state index contributed by atoms with van der Waals surface area (Å²) in [5.74, 6) is -0.615. The van der Waals surface area contributed by atoms with Crippen molar-refractivity contribution >= 4 is 29.2 Å². The van der Waals surface area contributed by atoms with E-state index in [2.05, 4.69) is 15.2 Å². The second-order valence-electron chi connectivity index (χ2n) is 9.13. The zero-order chi connectivity index (χ0) is 22.4. The minimum absolute atomic E-state index is 0.0445. The molecule has 0 spiro atoms. The van der Waals surface area contributed by atoms with Gasteiger partial charge in [0.2, 0.25) is 0 Å². The summed E-state index contributed by atoms with van der Waals surface area (Å²) in [4.78, 5) is 33.7. The van der Waals surface area contributed by atoms with Crippen molar-refractivity contribution in [3.63, 3.8) is 0 Å². The van der Waals surface area contributed by atoms with E-state index < -0.39 is 5.82 Å². The lowest BCUT2D eigenvalue weighted by Crippen LogP contribution is -2.46. The number of fused-ring (bicyclic) bond motifs is 1. The average Bonchev–Trinajstić information content (AvgIpc) is 3.48. The number of aromatic amines is 1. The molecule has 5 rings (SSSR count). The Labute approximate surface area is 187 Å². The molecule has 4 heterocycles. The van der Waals surface area contributed by atoms with Crippen molar-refractivity contribution in [1.82, 2.24) is 14.8 Å². The Balaban J connectivity index is 1.37. The smallest absolute Gasteiger partial charge is 0.256 e. The molecule has 0 aliphatic carbocycles. The molecule has 2 aromatic rings. The van der Waals surface area contributed by atoms with Crippen LogP contribution in [0.5, 0.6) is 0 Å². The first-order chi connectivity index (χ1) is 15.4. The monoisotopic (exact) mass is 436 g/mol. The van der Waals surface area contributed by atoms with Crippen molar-refractivity contribution in [1.29, 1.82) is 0 Å². The van der Waals surface area contributed by atoms with Crippen LogP contribution in [0, 0.1) is 19.7 Å². The number of carbonyl (C=O) groups excluding carboxylic acids is 2. The number of H-pyrrole nitrogens is 1. The van der Waals surface area contributed by atoms with Crippen LogP contribution in [0.15, 0.2) is 18.2 Å². The fourth-order valence-electron chi connectivity index (χ4n) is 5.39. The fourth-order valence-corrected chi connectivity index (χ4v) is 5.39. The first kappa shape index (κ1) is 20.9. The molecular weight excluding hydrogens is 407 g/mol. The largest absolute Gasteiger partial charge is 0.358 e. The summed E-state index contributed by atoms with van der Waals surface area (Å²) in [6, 6.07) is 4.85. The lowest BCUT2D eigenvalue weighted by Gasteiger charge is -2.36. The number of aryl methyl sites for hydroxylation is 1. The average molecular weight is 437 g/mol. The molecule has 168 valence electrons. The van der Waals surface area contributed by atoms with Crippen molar-refractivity contribution in [2.45, 2.75) is 45.6 Å². The Kier molecular flexibility index (Phi) is 5.37. The lowest BCUT2D eigenvalue weighted by molar-refractivity contribution is -0.110. The van der Waals surface area contributed by atoms with Crippen molar-refractivity contribution in [3.8, 4) is 0 Å². The standard InChI is InChI=1S/C25H29FN4O2/c1-15-22(14-20-19-13-17(26)5-6-21(19)28-24(20)31)27-16(2)23(15)25(32)30-11-7-18(8-12-30)29-9-3-4-10-29/h5-6,13-14,18,27H,3-4,7-12H2,1-2H3,(H,28,31)/b20-14-. The zero-order valence-electron chi connectivity index (χ0n) is 18.6. The Bertz CT molecular complexity index is 1110. The van der Waals surface area contributed by atoms with Gasteiger partial charge in [-0.3, -0.25) is 9.59 Å². The number of anilines is 1. The van der Waals surface area contributed by atoms with Gasteiger partial charge in [-0.2, -0.15) is 0 Å². The van der Waals surface area contributed by atoms with Gasteiger partial charge in [0, 0.05) is 41.8 Å². The summed E-state index contributed by atoms with van der Waals surface area (Å²) in [7, 11) is 0. The van der Waals surface area contributed by atoms with Crippen LogP contribution in [-0.4, -0.2) is 58.8 Å². The number of carbonyl (C=O) groups is 2. The number of hydrogen-bond acceptors (Lipinski definition) is 3. The third-order valence-electron chi connectivity index (χ3n) is 7.15. The van der Waals surface area contributed by atoms with Crippen LogP contribution in [-0.2, 0) is 4.79 Å². The molecule has 7 heteroatoms. The lowest BCUT2D eigenvalue weighted by atomic mass is 10.0. The first-order valence-electron chi connectivity index (χ1n) is 11.5. The molecule has 2 fully saturated rings. The van der Waals surface area contributed by atoms with Gasteiger partial charge in [-0.1, -0.05) is 0 Å². The van der Waals surface area contributed by atoms with Crippen molar-refractivity contribution in [2.24, 2.45) is 0 Å². The third kappa shape index (κ3) is 3.64. The quantitative estimate of drug-likeness (QED) is 0.716. The molecule has 3 aliphatic heterocycles. The van der Waals surface area contributed by atoms with E-state index in [-0.39, 0.29) is 11.8 Å². The second kappa shape index (κ2) is 8.20. The number of rotatable bonds is 3. The van der Waals surface area contributed by atoms with Crippen molar-refractivity contribution in [3.05, 3.63) is 52.1 Å². The maximum Gasteiger partial charge on any atom is 0.256 e. The summed E-state index contributed by atoms with van der Waals surface area (Å²) in [5.41, 5.74) is 4.53. The number of piperidine rings is 1. The highest BCUT2D eigenvalue weighted by Crippen LogP contribution is 2.34. The van der Waals surface area contributed by atoms with E-state index in [1.807, 2.05) is 18.7 Å². The van der Waals surface area contributed by atoms with Crippen LogP contribution in [0.25, 0.3) is 11.6 Å². The van der Waals surface area contributed by atoms with Gasteiger partial charge in [-0.25, -0.2) is 4.39 Å². The van der Waals surface area contributed by atoms with Crippen LogP contribution in [0.2, 0.25) is 0 Å². The molecular formula is C25H29FN4O2. The van der Waals surface area contributed by atoms with Crippen LogP contribution < -0.4 is 5.32 Å². The van der Waals surface area contributed by atoms with Crippen LogP contribution in [0.1, 0.15) is 58.6 Å². The number of likely N-dealkylation sites (tertiary alicyclic amines) is 2. The third-order valence-corrected chi connectivity index (χ3v) is 7.15. The molecule has 0 unspecified atom stereocenters. The number of nitrogens with zero attached hydrogens (tertiary/aromatic N) is 2. The Morgan fingerprint density at radius 1 is 1.12 bits per heavy atom. The van der Waals surface area contributed by atoms with Crippen LogP contribution >= 0.6 is 0 Å². The molecule has 0 atom stereocenters. The highest BCUT2D eigenvalue weighted by Gasteiger charge is 2.31. The van der Waals surface area contributed by atoms with Gasteiger partial charge in [0.05, 0.1) is 11.1 Å². The SMILES string of the molecule is Cc1[nH]c(/C=C2\C(=O)Nc3ccc(F)cc32)c(C)c1C(=O)N1CCC(N2CCCC2)CC1. The topological polar surface area (TPSA) is 68.4 Å². The summed E-state index contributed by atoms with van der Waals surface area (Å²) in [6.45, 7) is 7.71. The molecule has 1 aromatic carbocycles. The maximum absolute atomic E-state index is 13.8. The molecule has 6 nitrogen and oxygen atoms in total. The van der Waals surface area contributed by atoms with Crippen molar-refractivity contribution in [2.75, 3.05) is 31.5 Å². The van der Waals surface area contributed by atoms with Gasteiger partial charge in [-0.05, 0) is 82.5 Å². The van der Waals surface area contributed by atoms with E-state index in [0.29, 0.717) is 34.1 Å². The molecule has 0 bridgehead atoms. The highest BCUT2D eigenvalue weighted by molar-refractivity contribution is 6.34. The number of amides is 2. The van der Waals surface area contributed by atoms with E-state index in [1.54, 1.807) is 12.1 Å². The van der Waals surface area contributed by atoms with E-state index in [9.17, 15) is 14.0 Å². The number of benzene rings is 1. The molecule has 0 saturated carbocycles. The molecule has 1 aromatic heterocycles. The van der Waals surface area contributed by atoms with E-state index in [1.165, 1.54) is 38.1 Å². The van der Waals surface area contributed by atoms with Crippen LogP contribution in [0.3, 0.4) is 0 Å². The maximum atomic E-state index is 13.8. The summed E-state index contributed by atoms with van der Waals surface area (Å²) in [6.07, 6.45) is 6.34. The summed E-state index contributed by atoms with van der Waals surface area (Å²) in [5, 5.41) is 2.77. The normalized spacial score (nSPS) is 20.8. The van der Waals surface area contributed by atoms with Crippen molar-refractivity contribution < 1.29 is 14.0 Å². The van der Waals surface area contributed by atoms with Gasteiger partial charge >= 0.3 is 0 Å². The Morgan fingerprint density at radius 2 is 1.84 bits per heavy atom. The number of hydrogen-bond donors (Lipinski definition) is 2. The van der Waals surface area contributed by atoms with E-state index in [4.69, 9.17) is 0 Å². The molecule has 2 N–H and O–H groups in total. The molecule has 2 saturated heterocycles. The predicted molar refractivity (Wildman–Crippen MR) is 123 cm³/mol. The van der Waals surface area contributed by atoms with Gasteiger partial charge < -0.3 is 20.1 Å². The van der Waals surface area contributed by atoms with Gasteiger partial charge in [0.1, 0.15) is 5.82 Å². The van der Waals surface area contributed by atoms with Gasteiger partial charge in [0.15, 0.2) is 0 Å². The Morgan fingerprint density at radius 3 is 2.56 bits per heavy atom. The van der Waals surface area contributed by atoms with E-state index in [0.717, 1.165) is 37.2 Å². The second-order valence-corrected chi connectivity index (χ2v) is 9.13. The molecule has 3 aliphatic rings. The van der Waals surface area contributed by atoms with E-state index >= 15 is 0 Å². The molecule has 32 heavy (non-hydrogen) atoms. The molecule has 0 radical (unpaired) electrons. The first-order valence-corrected chi connectivity index (χ1v) is 11.5. The molecule has 2 amide bonds. The Hall–Kier alpha value is -2.93.